The maximum Gasteiger partial charge on any atom is 0.333 e. The number of rotatable bonds is 31. The molecule has 38 heavy (non-hydrogen) atoms. The Kier molecular flexibility index (Phi) is 30.1. The van der Waals surface area contributed by atoms with Crippen molar-refractivity contribution in [2.75, 3.05) is 6.61 Å². The number of hydrogen-bond acceptors (Lipinski definition) is 2. The molecule has 2 heteroatoms. The Bertz CT molecular complexity index is 496. The molecule has 0 unspecified atom stereocenters. The first-order chi connectivity index (χ1) is 18.5. The molecule has 0 saturated carbocycles. The number of hydrogen-bond donors (Lipinski definition) is 0. The zero-order chi connectivity index (χ0) is 27.9. The molecule has 0 rings (SSSR count). The molecule has 0 aromatic rings. The molecule has 0 aromatic carbocycles. The largest absolute Gasteiger partial charge is 0.462 e. The second kappa shape index (κ2) is 30.7. The van der Waals surface area contributed by atoms with Crippen LogP contribution in [0.5, 0.6) is 0 Å². The summed E-state index contributed by atoms with van der Waals surface area (Å²) in [6, 6.07) is 0. The maximum absolute atomic E-state index is 11.3. The highest BCUT2D eigenvalue weighted by Gasteiger charge is 2.02. The van der Waals surface area contributed by atoms with Gasteiger partial charge in [0, 0.05) is 5.57 Å². The van der Waals surface area contributed by atoms with Crippen LogP contribution < -0.4 is 0 Å². The van der Waals surface area contributed by atoms with Gasteiger partial charge in [-0.15, -0.1) is 0 Å². The zero-order valence-electron chi connectivity index (χ0n) is 26.6. The van der Waals surface area contributed by atoms with Crippen molar-refractivity contribution >= 4 is 5.97 Å². The van der Waals surface area contributed by atoms with Gasteiger partial charge in [-0.1, -0.05) is 194 Å². The first-order valence-corrected chi connectivity index (χ1v) is 17.4. The minimum absolute atomic E-state index is 0.250. The van der Waals surface area contributed by atoms with Gasteiger partial charge in [0.1, 0.15) is 0 Å². The van der Waals surface area contributed by atoms with Crippen molar-refractivity contribution in [2.24, 2.45) is 5.92 Å². The van der Waals surface area contributed by atoms with Gasteiger partial charge in [0.05, 0.1) is 6.61 Å². The van der Waals surface area contributed by atoms with Crippen LogP contribution in [0.4, 0.5) is 0 Å². The predicted octanol–water partition coefficient (Wildman–Crippen LogP) is 12.7. The van der Waals surface area contributed by atoms with Gasteiger partial charge in [0.2, 0.25) is 0 Å². The summed E-state index contributed by atoms with van der Waals surface area (Å²) < 4.78 is 5.13. The Balaban J connectivity index is 3.07. The van der Waals surface area contributed by atoms with Crippen molar-refractivity contribution in [3.63, 3.8) is 0 Å². The first kappa shape index (κ1) is 37.2. The molecule has 0 saturated heterocycles. The summed E-state index contributed by atoms with van der Waals surface area (Å²) in [5, 5.41) is 0. The lowest BCUT2D eigenvalue weighted by Gasteiger charge is -2.05. The average molecular weight is 535 g/mol. The van der Waals surface area contributed by atoms with Gasteiger partial charge in [-0.3, -0.25) is 0 Å². The maximum atomic E-state index is 11.3. The quantitative estimate of drug-likeness (QED) is 0.0502. The van der Waals surface area contributed by atoms with E-state index in [2.05, 4.69) is 20.4 Å². The van der Waals surface area contributed by atoms with Gasteiger partial charge >= 0.3 is 5.97 Å². The Morgan fingerprint density at radius 3 is 0.947 bits per heavy atom. The van der Waals surface area contributed by atoms with E-state index in [4.69, 9.17) is 4.74 Å². The number of unbranched alkanes of at least 4 members (excludes halogenated alkanes) is 26. The minimum atomic E-state index is -0.250. The summed E-state index contributed by atoms with van der Waals surface area (Å²) >= 11 is 0. The lowest BCUT2D eigenvalue weighted by atomic mass is 10.0. The first-order valence-electron chi connectivity index (χ1n) is 17.4. The molecule has 0 aliphatic rings. The molecule has 0 N–H and O–H groups in total. The fraction of sp³-hybridized carbons (Fsp3) is 0.917. The lowest BCUT2D eigenvalue weighted by molar-refractivity contribution is -0.139. The van der Waals surface area contributed by atoms with Crippen LogP contribution in [0.1, 0.15) is 201 Å². The summed E-state index contributed by atoms with van der Waals surface area (Å²) in [5.41, 5.74) is 0.496. The summed E-state index contributed by atoms with van der Waals surface area (Å²) in [6.07, 6.45) is 39.6. The topological polar surface area (TPSA) is 26.3 Å². The summed E-state index contributed by atoms with van der Waals surface area (Å²) in [5.74, 6) is 0.638. The Hall–Kier alpha value is -0.790. The van der Waals surface area contributed by atoms with Crippen LogP contribution in [0.2, 0.25) is 0 Å². The van der Waals surface area contributed by atoms with Crippen LogP contribution in [-0.2, 0) is 9.53 Å². The highest BCUT2D eigenvalue weighted by molar-refractivity contribution is 5.86. The van der Waals surface area contributed by atoms with E-state index in [0.29, 0.717) is 12.2 Å². The smallest absolute Gasteiger partial charge is 0.333 e. The number of ether oxygens (including phenoxy) is 1. The monoisotopic (exact) mass is 535 g/mol. The molecule has 0 aromatic heterocycles. The molecular weight excluding hydrogens is 464 g/mol. The fourth-order valence-electron chi connectivity index (χ4n) is 5.36. The molecule has 0 aliphatic heterocycles. The number of esters is 1. The minimum Gasteiger partial charge on any atom is -0.462 e. The third-order valence-corrected chi connectivity index (χ3v) is 8.01. The predicted molar refractivity (Wildman–Crippen MR) is 170 cm³/mol. The van der Waals surface area contributed by atoms with Gasteiger partial charge in [-0.25, -0.2) is 4.79 Å². The molecule has 0 atom stereocenters. The molecule has 0 fully saturated rings. The molecule has 0 amide bonds. The van der Waals surface area contributed by atoms with Crippen LogP contribution in [0.25, 0.3) is 0 Å². The summed E-state index contributed by atoms with van der Waals surface area (Å²) in [7, 11) is 0. The third-order valence-electron chi connectivity index (χ3n) is 8.01. The van der Waals surface area contributed by atoms with E-state index in [1.807, 2.05) is 0 Å². The van der Waals surface area contributed by atoms with Gasteiger partial charge in [0.15, 0.2) is 0 Å². The summed E-state index contributed by atoms with van der Waals surface area (Å²) in [4.78, 5) is 11.3. The number of carbonyl (C=O) groups excluding carboxylic acids is 1. The van der Waals surface area contributed by atoms with E-state index < -0.39 is 0 Å². The van der Waals surface area contributed by atoms with Gasteiger partial charge in [-0.2, -0.15) is 0 Å². The second-order valence-electron chi connectivity index (χ2n) is 12.6. The van der Waals surface area contributed by atoms with Gasteiger partial charge in [-0.05, 0) is 19.3 Å². The van der Waals surface area contributed by atoms with E-state index >= 15 is 0 Å². The van der Waals surface area contributed by atoms with Gasteiger partial charge < -0.3 is 4.74 Å². The van der Waals surface area contributed by atoms with E-state index in [-0.39, 0.29) is 5.97 Å². The van der Waals surface area contributed by atoms with Crippen LogP contribution in [0.3, 0.4) is 0 Å². The molecule has 0 spiro atoms. The van der Waals surface area contributed by atoms with Crippen molar-refractivity contribution in [1.29, 1.82) is 0 Å². The Labute approximate surface area is 240 Å². The van der Waals surface area contributed by atoms with Crippen molar-refractivity contribution in [1.82, 2.24) is 0 Å². The second-order valence-corrected chi connectivity index (χ2v) is 12.6. The highest BCUT2D eigenvalue weighted by atomic mass is 16.5. The molecule has 0 bridgehead atoms. The Morgan fingerprint density at radius 2 is 0.711 bits per heavy atom. The summed E-state index contributed by atoms with van der Waals surface area (Å²) in [6.45, 7) is 10.5. The SMILES string of the molecule is C=C(C)C(=O)OCCCCCCCCCCCCCCCCCCCCCCCCCCCCCC(C)C. The fourth-order valence-corrected chi connectivity index (χ4v) is 5.36. The van der Waals surface area contributed by atoms with Crippen LogP contribution in [0, 0.1) is 5.92 Å². The van der Waals surface area contributed by atoms with Crippen LogP contribution in [-0.4, -0.2) is 12.6 Å². The highest BCUT2D eigenvalue weighted by Crippen LogP contribution is 2.16. The Morgan fingerprint density at radius 1 is 0.474 bits per heavy atom. The molecule has 0 heterocycles. The van der Waals surface area contributed by atoms with Crippen molar-refractivity contribution in [2.45, 2.75) is 201 Å². The lowest BCUT2D eigenvalue weighted by Crippen LogP contribution is -2.05. The molecule has 0 radical (unpaired) electrons. The number of carbonyl (C=O) groups is 1. The molecule has 0 aliphatic carbocycles. The zero-order valence-corrected chi connectivity index (χ0v) is 26.6. The van der Waals surface area contributed by atoms with Crippen molar-refractivity contribution in [3.05, 3.63) is 12.2 Å². The van der Waals surface area contributed by atoms with E-state index in [1.54, 1.807) is 6.92 Å². The van der Waals surface area contributed by atoms with E-state index in [0.717, 1.165) is 12.3 Å². The van der Waals surface area contributed by atoms with E-state index in [1.165, 1.54) is 173 Å². The normalized spacial score (nSPS) is 11.4. The van der Waals surface area contributed by atoms with Crippen LogP contribution in [0.15, 0.2) is 12.2 Å². The van der Waals surface area contributed by atoms with E-state index in [9.17, 15) is 4.79 Å². The average Bonchev–Trinajstić information content (AvgIpc) is 2.89. The van der Waals surface area contributed by atoms with Crippen molar-refractivity contribution < 1.29 is 9.53 Å². The van der Waals surface area contributed by atoms with Crippen molar-refractivity contribution in [3.8, 4) is 0 Å². The molecular formula is C36H70O2. The third kappa shape index (κ3) is 31.4. The molecule has 2 nitrogen and oxygen atoms in total. The van der Waals surface area contributed by atoms with Gasteiger partial charge in [0.25, 0.3) is 0 Å². The molecule has 226 valence electrons. The van der Waals surface area contributed by atoms with Crippen LogP contribution >= 0.6 is 0 Å². The standard InChI is InChI=1S/C36H70O2/c1-34(2)32-30-28-26-24-22-20-18-16-14-12-10-8-6-5-7-9-11-13-15-17-19-21-23-25-27-29-31-33-38-36(37)35(3)4/h34H,3,5-33H2,1-2,4H3.